The number of hydrogen-bond acceptors (Lipinski definition) is 9. The minimum absolute atomic E-state index is 0.129. The maximum absolute atomic E-state index is 13.0. The van der Waals surface area contributed by atoms with Crippen LogP contribution < -0.4 is 15.5 Å². The van der Waals surface area contributed by atoms with Gasteiger partial charge >= 0.3 is 6.18 Å². The molecular weight excluding hydrogens is 652 g/mol. The predicted molar refractivity (Wildman–Crippen MR) is 185 cm³/mol. The largest absolute Gasteiger partial charge is 0.393 e. The highest BCUT2D eigenvalue weighted by molar-refractivity contribution is 7.18. The van der Waals surface area contributed by atoms with Gasteiger partial charge in [0.05, 0.1) is 17.8 Å². The van der Waals surface area contributed by atoms with Crippen molar-refractivity contribution in [3.05, 3.63) is 83.3 Å². The zero-order chi connectivity index (χ0) is 34.3. The van der Waals surface area contributed by atoms with Gasteiger partial charge in [-0.1, -0.05) is 12.6 Å². The average Bonchev–Trinajstić information content (AvgIpc) is 3.63. The fraction of sp³-hybridized carbons (Fsp3) is 0.343. The molecule has 0 bridgehead atoms. The average molecular weight is 686 g/mol. The topological polar surface area (TPSA) is 115 Å². The SMILES string of the molecule is C=CC(=O)Nc1cc(N2CC(n3c(C#N)cc4c(C)c(CN5CCC(Nc6ncnc7sc(CC(F)(F)F)cc67)CC5)ccc43)C2)ccn1. The van der Waals surface area contributed by atoms with Crippen molar-refractivity contribution < 1.29 is 18.0 Å². The van der Waals surface area contributed by atoms with Crippen LogP contribution in [0.3, 0.4) is 0 Å². The summed E-state index contributed by atoms with van der Waals surface area (Å²) in [6.07, 6.45) is 0.792. The summed E-state index contributed by atoms with van der Waals surface area (Å²) in [4.78, 5) is 29.9. The molecule has 2 aliphatic rings. The molecule has 10 nitrogen and oxygen atoms in total. The van der Waals surface area contributed by atoms with Crippen molar-refractivity contribution in [3.63, 3.8) is 0 Å². The van der Waals surface area contributed by atoms with Gasteiger partial charge in [0, 0.05) is 72.5 Å². The smallest absolute Gasteiger partial charge is 0.367 e. The van der Waals surface area contributed by atoms with Crippen molar-refractivity contribution in [2.24, 2.45) is 0 Å². The Hall–Kier alpha value is -5.00. The van der Waals surface area contributed by atoms with Gasteiger partial charge < -0.3 is 20.1 Å². The monoisotopic (exact) mass is 685 g/mol. The van der Waals surface area contributed by atoms with Gasteiger partial charge in [0.25, 0.3) is 0 Å². The van der Waals surface area contributed by atoms with Crippen molar-refractivity contribution in [1.29, 1.82) is 5.26 Å². The molecule has 0 saturated carbocycles. The first-order valence-electron chi connectivity index (χ1n) is 16.1. The number of nitrogens with one attached hydrogen (secondary N) is 2. The second-order valence-corrected chi connectivity index (χ2v) is 13.7. The molecule has 252 valence electrons. The predicted octanol–water partition coefficient (Wildman–Crippen LogP) is 6.59. The van der Waals surface area contributed by atoms with E-state index in [0.29, 0.717) is 27.5 Å². The zero-order valence-corrected chi connectivity index (χ0v) is 27.6. The van der Waals surface area contributed by atoms with Gasteiger partial charge in [0.2, 0.25) is 5.91 Å². The molecule has 2 saturated heterocycles. The van der Waals surface area contributed by atoms with E-state index in [1.807, 2.05) is 18.2 Å². The molecule has 0 atom stereocenters. The molecule has 1 amide bonds. The molecule has 7 rings (SSSR count). The van der Waals surface area contributed by atoms with Crippen molar-refractivity contribution in [2.45, 2.75) is 51.0 Å². The van der Waals surface area contributed by atoms with E-state index in [0.717, 1.165) is 79.1 Å². The Morgan fingerprint density at radius 3 is 2.65 bits per heavy atom. The third-order valence-electron chi connectivity index (χ3n) is 9.37. The molecule has 14 heteroatoms. The van der Waals surface area contributed by atoms with Gasteiger partial charge in [0.15, 0.2) is 0 Å². The fourth-order valence-corrected chi connectivity index (χ4v) is 7.83. The number of thiophene rings is 1. The third kappa shape index (κ3) is 6.81. The number of nitrogens with zero attached hydrogens (tertiary/aromatic N) is 7. The van der Waals surface area contributed by atoms with Crippen LogP contribution in [-0.4, -0.2) is 68.7 Å². The molecule has 2 fully saturated rings. The van der Waals surface area contributed by atoms with Crippen LogP contribution in [0.5, 0.6) is 0 Å². The molecule has 49 heavy (non-hydrogen) atoms. The number of carbonyl (C=O) groups excluding carboxylic acids is 1. The van der Waals surface area contributed by atoms with Crippen molar-refractivity contribution in [2.75, 3.05) is 41.7 Å². The van der Waals surface area contributed by atoms with Crippen LogP contribution >= 0.6 is 11.3 Å². The Balaban J connectivity index is 0.991. The number of pyridine rings is 1. The fourth-order valence-electron chi connectivity index (χ4n) is 6.80. The van der Waals surface area contributed by atoms with Gasteiger partial charge in [-0.25, -0.2) is 15.0 Å². The van der Waals surface area contributed by atoms with E-state index in [4.69, 9.17) is 0 Å². The summed E-state index contributed by atoms with van der Waals surface area (Å²) in [5, 5.41) is 17.9. The van der Waals surface area contributed by atoms with Crippen LogP contribution in [0, 0.1) is 18.3 Å². The lowest BCUT2D eigenvalue weighted by Crippen LogP contribution is -2.48. The molecule has 0 radical (unpaired) electrons. The molecule has 2 N–H and O–H groups in total. The van der Waals surface area contributed by atoms with Crippen molar-refractivity contribution >= 4 is 55.7 Å². The summed E-state index contributed by atoms with van der Waals surface area (Å²) in [6.45, 7) is 9.57. The van der Waals surface area contributed by atoms with Crippen LogP contribution in [-0.2, 0) is 17.8 Å². The number of fused-ring (bicyclic) bond motifs is 2. The Kier molecular flexibility index (Phi) is 8.72. The van der Waals surface area contributed by atoms with E-state index >= 15 is 0 Å². The second kappa shape index (κ2) is 13.1. The van der Waals surface area contributed by atoms with E-state index in [2.05, 4.69) is 71.7 Å². The number of amides is 1. The van der Waals surface area contributed by atoms with Crippen molar-refractivity contribution in [1.82, 2.24) is 24.4 Å². The highest BCUT2D eigenvalue weighted by atomic mass is 32.1. The minimum Gasteiger partial charge on any atom is -0.367 e. The van der Waals surface area contributed by atoms with Crippen LogP contribution in [0.15, 0.2) is 61.6 Å². The molecule has 0 spiro atoms. The molecule has 4 aromatic heterocycles. The van der Waals surface area contributed by atoms with E-state index in [1.165, 1.54) is 18.0 Å². The number of piperidine rings is 1. The normalized spacial score (nSPS) is 16.1. The highest BCUT2D eigenvalue weighted by Crippen LogP contribution is 2.36. The summed E-state index contributed by atoms with van der Waals surface area (Å²) >= 11 is 1.06. The number of benzene rings is 1. The van der Waals surface area contributed by atoms with E-state index in [1.54, 1.807) is 12.3 Å². The van der Waals surface area contributed by atoms with Gasteiger partial charge in [-0.2, -0.15) is 18.4 Å². The first kappa shape index (κ1) is 32.5. The lowest BCUT2D eigenvalue weighted by molar-refractivity contribution is -0.126. The summed E-state index contributed by atoms with van der Waals surface area (Å²) in [7, 11) is 0. The molecule has 0 aliphatic carbocycles. The lowest BCUT2D eigenvalue weighted by Gasteiger charge is -2.42. The quantitative estimate of drug-likeness (QED) is 0.167. The van der Waals surface area contributed by atoms with Crippen LogP contribution in [0.25, 0.3) is 21.1 Å². The first-order valence-corrected chi connectivity index (χ1v) is 16.9. The van der Waals surface area contributed by atoms with Crippen LogP contribution in [0.2, 0.25) is 0 Å². The summed E-state index contributed by atoms with van der Waals surface area (Å²) < 4.78 is 41.0. The van der Waals surface area contributed by atoms with E-state index < -0.39 is 12.6 Å². The summed E-state index contributed by atoms with van der Waals surface area (Å²) in [6, 6.07) is 14.3. The Morgan fingerprint density at radius 1 is 1.12 bits per heavy atom. The van der Waals surface area contributed by atoms with Gasteiger partial charge in [-0.15, -0.1) is 11.3 Å². The number of aromatic nitrogens is 4. The number of aryl methyl sites for hydroxylation is 1. The Bertz CT molecular complexity index is 2090. The molecule has 6 heterocycles. The molecular formula is C35H34F3N9OS. The number of carbonyl (C=O) groups is 1. The number of anilines is 3. The highest BCUT2D eigenvalue weighted by Gasteiger charge is 2.32. The summed E-state index contributed by atoms with van der Waals surface area (Å²) in [5.74, 6) is 0.736. The van der Waals surface area contributed by atoms with E-state index in [9.17, 15) is 23.2 Å². The van der Waals surface area contributed by atoms with Gasteiger partial charge in [0.1, 0.15) is 34.6 Å². The maximum atomic E-state index is 13.0. The third-order valence-corrected chi connectivity index (χ3v) is 10.4. The number of halogens is 3. The summed E-state index contributed by atoms with van der Waals surface area (Å²) in [5.41, 5.74) is 5.01. The van der Waals surface area contributed by atoms with Gasteiger partial charge in [-0.05, 0) is 61.2 Å². The van der Waals surface area contributed by atoms with Crippen LogP contribution in [0.1, 0.15) is 40.6 Å². The van der Waals surface area contributed by atoms with Crippen molar-refractivity contribution in [3.8, 4) is 6.07 Å². The molecule has 2 aliphatic heterocycles. The maximum Gasteiger partial charge on any atom is 0.393 e. The Labute approximate surface area is 284 Å². The molecule has 1 aromatic carbocycles. The number of likely N-dealkylation sites (tertiary alicyclic amines) is 1. The Morgan fingerprint density at radius 2 is 1.92 bits per heavy atom. The van der Waals surface area contributed by atoms with Crippen LogP contribution in [0.4, 0.5) is 30.5 Å². The molecule has 0 unspecified atom stereocenters. The molecule has 5 aromatic rings. The van der Waals surface area contributed by atoms with E-state index in [-0.39, 0.29) is 22.9 Å². The second-order valence-electron chi connectivity index (χ2n) is 12.6. The zero-order valence-electron chi connectivity index (χ0n) is 26.8. The standard InChI is InChI=1S/C35H34F3N9OS/c1-3-32(48)44-31-13-24(6-9-40-31)46-18-26(19-46)47-25(16-39)12-28-21(2)22(4-5-30(28)47)17-45-10-7-23(8-11-45)43-33-29-14-27(15-35(36,37)38)49-34(29)42-20-41-33/h3-6,9,12-14,20,23,26H,1,7-8,10-11,15,17-19H2,2H3,(H,40,44,48)(H,41,42,43). The number of alkyl halides is 3. The number of rotatable bonds is 9. The van der Waals surface area contributed by atoms with Gasteiger partial charge in [-0.3, -0.25) is 9.69 Å². The lowest BCUT2D eigenvalue weighted by atomic mass is 10.0. The number of hydrogen-bond donors (Lipinski definition) is 2. The first-order chi connectivity index (χ1) is 23.6. The number of nitriles is 1. The minimum atomic E-state index is -4.27.